The largest absolute Gasteiger partial charge is 0.375 e. The number of hydrogen-bond acceptors (Lipinski definition) is 15. The number of nitrogens with two attached hydrogens (primary N) is 2. The molecule has 56 heavy (non-hydrogen) atoms. The van der Waals surface area contributed by atoms with Gasteiger partial charge in [-0.1, -0.05) is 0 Å². The average Bonchev–Trinajstić information content (AvgIpc) is 2.66. The number of aliphatic hydroxyl groups is 2. The minimum Gasteiger partial charge on any atom is -0.375 e. The molecule has 0 rings (SSSR count). The summed E-state index contributed by atoms with van der Waals surface area (Å²) < 4.78 is 98.5. The Balaban J connectivity index is -0.000000134. The molecule has 0 amide bonds. The van der Waals surface area contributed by atoms with Crippen molar-refractivity contribution in [1.29, 1.82) is 0 Å². The van der Waals surface area contributed by atoms with Crippen LogP contribution in [0, 0.1) is 0 Å². The average molecular weight is 1040 g/mol. The quantitative estimate of drug-likeness (QED) is 0.0570. The zero-order valence-corrected chi connectivity index (χ0v) is 36.9. The fraction of sp³-hybridized carbons (Fsp3) is 1.00. The summed E-state index contributed by atoms with van der Waals surface area (Å²) in [7, 11) is -45.5. The van der Waals surface area contributed by atoms with Gasteiger partial charge < -0.3 is 120 Å². The summed E-state index contributed by atoms with van der Waals surface area (Å²) >= 11 is 0. The monoisotopic (exact) mass is 1040 g/mol. The fourth-order valence-corrected chi connectivity index (χ4v) is 11.2. The van der Waals surface area contributed by atoms with Gasteiger partial charge in [0.25, 0.3) is 0 Å². The molecule has 0 fully saturated rings. The smallest absolute Gasteiger partial charge is 0.337 e. The third-order valence-corrected chi connectivity index (χ3v) is 17.8. The van der Waals surface area contributed by atoms with Crippen molar-refractivity contribution in [3.8, 4) is 0 Å². The first-order chi connectivity index (χ1) is 23.3. The molecule has 0 saturated carbocycles. The summed E-state index contributed by atoms with van der Waals surface area (Å²) in [5.74, 6) is -6.88. The highest BCUT2D eigenvalue weighted by Gasteiger charge is 2.29. The van der Waals surface area contributed by atoms with Crippen LogP contribution in [0.4, 0.5) is 0 Å². The van der Waals surface area contributed by atoms with Crippen molar-refractivity contribution in [3.63, 3.8) is 0 Å². The Hall–Kier alpha value is 1.30. The molecule has 0 saturated heterocycles. The first kappa shape index (κ1) is 69.0. The van der Waals surface area contributed by atoms with Gasteiger partial charge in [0.05, 0.1) is 0 Å². The first-order valence-corrected chi connectivity index (χ1v) is 30.4. The van der Waals surface area contributed by atoms with Crippen molar-refractivity contribution in [3.05, 3.63) is 0 Å². The lowest BCUT2D eigenvalue weighted by Crippen LogP contribution is -2.56. The molecule has 27 N–H and O–H groups in total. The van der Waals surface area contributed by atoms with E-state index in [0.717, 1.165) is 0 Å². The minimum atomic E-state index is -4.55. The van der Waals surface area contributed by atoms with Crippen molar-refractivity contribution in [1.82, 2.24) is 5.32 Å². The normalized spacial score (nSPS) is 15.5. The van der Waals surface area contributed by atoms with E-state index in [1.165, 1.54) is 13.8 Å². The van der Waals surface area contributed by atoms with Crippen LogP contribution in [0.2, 0.25) is 0 Å². The zero-order valence-electron chi connectivity index (χ0n) is 28.0. The van der Waals surface area contributed by atoms with E-state index in [4.69, 9.17) is 114 Å². The third kappa shape index (κ3) is 95.6. The van der Waals surface area contributed by atoms with Crippen LogP contribution >= 0.6 is 76.0 Å². The van der Waals surface area contributed by atoms with Crippen LogP contribution in [-0.2, 0) is 45.7 Å². The van der Waals surface area contributed by atoms with Gasteiger partial charge in [0.15, 0.2) is 29.5 Å². The van der Waals surface area contributed by atoms with E-state index in [-0.39, 0.29) is 13.1 Å². The van der Waals surface area contributed by atoms with Gasteiger partial charge >= 0.3 is 76.0 Å². The van der Waals surface area contributed by atoms with Crippen LogP contribution in [0.15, 0.2) is 0 Å². The van der Waals surface area contributed by atoms with Gasteiger partial charge in [-0.05, 0) is 13.8 Å². The van der Waals surface area contributed by atoms with Crippen LogP contribution in [0.25, 0.3) is 0 Å². The molecule has 0 radical (unpaired) electrons. The number of hydrogen-bond donors (Lipinski definition) is 25. The van der Waals surface area contributed by atoms with Crippen molar-refractivity contribution >= 4 is 76.0 Å². The fourth-order valence-electron chi connectivity index (χ4n) is 1.64. The Morgan fingerprint density at radius 1 is 0.375 bits per heavy atom. The molecule has 0 bridgehead atoms. The van der Waals surface area contributed by atoms with Crippen LogP contribution in [0.5, 0.6) is 0 Å². The summed E-state index contributed by atoms with van der Waals surface area (Å²) in [6, 6.07) is 0. The van der Waals surface area contributed by atoms with Crippen molar-refractivity contribution in [2.24, 2.45) is 11.5 Å². The molecule has 0 aliphatic carbocycles. The summed E-state index contributed by atoms with van der Waals surface area (Å²) in [6.07, 6.45) is 0. The highest BCUT2D eigenvalue weighted by atomic mass is 31.3. The molecule has 2 atom stereocenters. The van der Waals surface area contributed by atoms with Crippen LogP contribution in [0.1, 0.15) is 13.8 Å². The van der Waals surface area contributed by atoms with Crippen molar-refractivity contribution in [2.45, 2.75) is 25.3 Å². The van der Waals surface area contributed by atoms with E-state index < -0.39 is 117 Å². The molecule has 0 aromatic rings. The second kappa shape index (κ2) is 26.0. The molecule has 35 nitrogen and oxygen atoms in total. The first-order valence-electron chi connectivity index (χ1n) is 12.4. The lowest BCUT2D eigenvalue weighted by atomic mass is 10.2. The molecule has 0 aliphatic rings. The summed E-state index contributed by atoms with van der Waals surface area (Å²) in [4.78, 5) is 159. The van der Waals surface area contributed by atoms with E-state index in [9.17, 15) is 50.8 Å². The summed E-state index contributed by atoms with van der Waals surface area (Å²) in [5, 5.41) is 20.9. The Morgan fingerprint density at radius 2 is 0.500 bits per heavy atom. The number of nitrogens with one attached hydrogen (secondary N) is 1. The standard InChI is InChI=1S/C6H17N3O2.5CH6O6P2/c1-5(8,10)4-9-6(2,11)3-7;5*2-8(3,4)1-9(5,6)7/h9-11H,3-4,7-8H2,1-2H3;5*1H2,(H2,2,3,4)(H2,5,6,7). The van der Waals surface area contributed by atoms with Gasteiger partial charge in [0, 0.05) is 13.1 Å². The van der Waals surface area contributed by atoms with Gasteiger partial charge in [0.2, 0.25) is 0 Å². The molecule has 2 unspecified atom stereocenters. The molecule has 0 aromatic carbocycles. The van der Waals surface area contributed by atoms with Crippen molar-refractivity contribution in [2.75, 3.05) is 42.6 Å². The SMILES string of the molecule is CC(N)(O)CNC(C)(O)CN.O=P(O)(O)CP(=O)(O)O.O=P(O)(O)CP(=O)(O)O.O=P(O)(O)CP(=O)(O)O.O=P(O)(O)CP(=O)(O)O.O=P(O)(O)CP(=O)(O)O. The minimum absolute atomic E-state index is 0.0725. The van der Waals surface area contributed by atoms with Gasteiger partial charge in [0.1, 0.15) is 11.4 Å². The lowest BCUT2D eigenvalue weighted by molar-refractivity contribution is -0.00575. The molecular formula is C11H47N3O32P10. The van der Waals surface area contributed by atoms with E-state index in [0.29, 0.717) is 0 Å². The van der Waals surface area contributed by atoms with Crippen LogP contribution in [0.3, 0.4) is 0 Å². The maximum Gasteiger partial charge on any atom is 0.337 e. The molecule has 0 aliphatic heterocycles. The molecule has 0 aromatic heterocycles. The van der Waals surface area contributed by atoms with E-state index in [2.05, 4.69) is 5.32 Å². The Morgan fingerprint density at radius 3 is 0.554 bits per heavy atom. The Labute approximate surface area is 314 Å². The van der Waals surface area contributed by atoms with Gasteiger partial charge in [-0.25, -0.2) is 0 Å². The number of rotatable bonds is 14. The molecular weight excluding hydrogens is 996 g/mol. The third-order valence-electron chi connectivity index (χ3n) is 3.07. The zero-order chi connectivity index (χ0) is 47.7. The summed E-state index contributed by atoms with van der Waals surface area (Å²) in [6.45, 7) is 3.12. The molecule has 0 heterocycles. The predicted octanol–water partition coefficient (Wildman–Crippen LogP) is -5.59. The van der Waals surface area contributed by atoms with E-state index in [1.54, 1.807) is 0 Å². The van der Waals surface area contributed by atoms with Crippen molar-refractivity contribution < 1.29 is 154 Å². The van der Waals surface area contributed by atoms with Gasteiger partial charge in [-0.15, -0.1) is 0 Å². The highest BCUT2D eigenvalue weighted by Crippen LogP contribution is 2.54. The Kier molecular flexibility index (Phi) is 32.1. The topological polar surface area (TPSA) is 680 Å². The predicted molar refractivity (Wildman–Crippen MR) is 187 cm³/mol. The summed E-state index contributed by atoms with van der Waals surface area (Å²) in [5.41, 5.74) is 7.96. The highest BCUT2D eigenvalue weighted by molar-refractivity contribution is 7.71. The van der Waals surface area contributed by atoms with Crippen LogP contribution < -0.4 is 16.8 Å². The molecule has 45 heteroatoms. The van der Waals surface area contributed by atoms with Gasteiger partial charge in [-0.2, -0.15) is 0 Å². The van der Waals surface area contributed by atoms with Gasteiger partial charge in [-0.3, -0.25) is 51.0 Å². The second-order valence-corrected chi connectivity index (χ2v) is 29.5. The maximum absolute atomic E-state index is 9.85. The second-order valence-electron chi connectivity index (χ2n) is 10.5. The van der Waals surface area contributed by atoms with E-state index in [1.807, 2.05) is 0 Å². The maximum atomic E-state index is 9.85. The van der Waals surface area contributed by atoms with E-state index >= 15 is 0 Å². The Bertz CT molecular complexity index is 1270. The molecule has 0 spiro atoms. The lowest BCUT2D eigenvalue weighted by Gasteiger charge is -2.27. The van der Waals surface area contributed by atoms with Crippen LogP contribution in [-0.4, -0.2) is 162 Å². The molecule has 348 valence electrons.